The van der Waals surface area contributed by atoms with Gasteiger partial charge in [0.15, 0.2) is 18.2 Å². The van der Waals surface area contributed by atoms with E-state index in [-0.39, 0.29) is 18.3 Å². The third-order valence-corrected chi connectivity index (χ3v) is 17.4. The van der Waals surface area contributed by atoms with E-state index in [2.05, 4.69) is 25.0 Å². The van der Waals surface area contributed by atoms with E-state index in [4.69, 9.17) is 28.4 Å². The van der Waals surface area contributed by atoms with Gasteiger partial charge in [0.1, 0.15) is 53.7 Å². The maximum Gasteiger partial charge on any atom is 0.397 e. The van der Waals surface area contributed by atoms with Gasteiger partial charge in [-0.05, 0) is 107 Å². The summed E-state index contributed by atoms with van der Waals surface area (Å²) in [5, 5.41) is 68.2. The van der Waals surface area contributed by atoms with Crippen LogP contribution in [0.1, 0.15) is 107 Å². The summed E-state index contributed by atoms with van der Waals surface area (Å²) in [5.41, 5.74) is -5.89. The first kappa shape index (κ1) is 44.3. The van der Waals surface area contributed by atoms with Gasteiger partial charge in [0.2, 0.25) is 0 Å². The van der Waals surface area contributed by atoms with Crippen LogP contribution in [0.5, 0.6) is 0 Å². The van der Waals surface area contributed by atoms with Gasteiger partial charge in [-0.1, -0.05) is 39.3 Å². The van der Waals surface area contributed by atoms with E-state index in [0.717, 1.165) is 18.4 Å². The first-order valence-corrected chi connectivity index (χ1v) is 22.5. The zero-order valence-corrected chi connectivity index (χ0v) is 36.0. The molecule has 19 atom stereocenters. The number of hydrogen-bond donors (Lipinski definition) is 7. The number of aliphatic hydroxyl groups excluding tert-OH is 5. The van der Waals surface area contributed by atoms with Crippen molar-refractivity contribution in [1.29, 1.82) is 0 Å². The molecule has 4 saturated heterocycles. The average Bonchev–Trinajstić information content (AvgIpc) is 3.70. The minimum absolute atomic E-state index is 0.0271. The Morgan fingerprint density at radius 3 is 2.15 bits per heavy atom. The molecular formula is C41H64O17S. The fourth-order valence-electron chi connectivity index (χ4n) is 13.7. The Labute approximate surface area is 345 Å². The third kappa shape index (κ3) is 6.16. The normalized spacial score (nSPS) is 54.1. The second-order valence-corrected chi connectivity index (χ2v) is 21.7. The van der Waals surface area contributed by atoms with Crippen molar-refractivity contribution in [2.24, 2.45) is 33.5 Å². The van der Waals surface area contributed by atoms with Crippen LogP contribution in [0.15, 0.2) is 11.6 Å². The van der Waals surface area contributed by atoms with Crippen LogP contribution in [-0.4, -0.2) is 147 Å². The maximum atomic E-state index is 14.5. The summed E-state index contributed by atoms with van der Waals surface area (Å²) in [6.45, 7) is 15.1. The molecule has 0 aromatic carbocycles. The Morgan fingerprint density at radius 1 is 0.814 bits per heavy atom. The quantitative estimate of drug-likeness (QED) is 0.0827. The first-order chi connectivity index (χ1) is 27.2. The Hall–Kier alpha value is -1.36. The maximum absolute atomic E-state index is 14.5. The summed E-state index contributed by atoms with van der Waals surface area (Å²) in [5.74, 6) is -0.746. The molecule has 17 nitrogen and oxygen atoms in total. The lowest BCUT2D eigenvalue weighted by molar-refractivity contribution is -0.362. The lowest BCUT2D eigenvalue weighted by Gasteiger charge is -2.64. The van der Waals surface area contributed by atoms with Gasteiger partial charge in [0, 0.05) is 0 Å². The Morgan fingerprint density at radius 2 is 1.51 bits per heavy atom. The molecule has 0 unspecified atom stereocenters. The van der Waals surface area contributed by atoms with Gasteiger partial charge in [-0.25, -0.2) is 4.18 Å². The summed E-state index contributed by atoms with van der Waals surface area (Å²) < 4.78 is 74.3. The number of esters is 1. The molecule has 4 heterocycles. The van der Waals surface area contributed by atoms with Gasteiger partial charge in [-0.2, -0.15) is 8.42 Å². The molecule has 7 N–H and O–H groups in total. The van der Waals surface area contributed by atoms with Crippen LogP contribution in [-0.2, 0) is 47.8 Å². The van der Waals surface area contributed by atoms with E-state index in [1.54, 1.807) is 6.92 Å². The summed E-state index contributed by atoms with van der Waals surface area (Å²) in [6, 6.07) is 0. The highest BCUT2D eigenvalue weighted by Gasteiger charge is 2.87. The molecule has 1 spiro atoms. The van der Waals surface area contributed by atoms with Gasteiger partial charge in [-0.15, -0.1) is 0 Å². The van der Waals surface area contributed by atoms with Gasteiger partial charge < -0.3 is 59.1 Å². The highest BCUT2D eigenvalue weighted by atomic mass is 32.3. The lowest BCUT2D eigenvalue weighted by atomic mass is 9.40. The largest absolute Gasteiger partial charge is 0.453 e. The Balaban J connectivity index is 1.07. The van der Waals surface area contributed by atoms with Gasteiger partial charge in [0.05, 0.1) is 30.5 Å². The molecule has 3 saturated carbocycles. The van der Waals surface area contributed by atoms with Crippen LogP contribution in [0.3, 0.4) is 0 Å². The number of allylic oxidation sites excluding steroid dienone is 1. The molecule has 4 aliphatic heterocycles. The summed E-state index contributed by atoms with van der Waals surface area (Å²) >= 11 is 0. The molecule has 8 rings (SSSR count). The van der Waals surface area contributed by atoms with Crippen LogP contribution in [0, 0.1) is 33.5 Å². The molecule has 0 amide bonds. The monoisotopic (exact) mass is 860 g/mol. The molecule has 0 bridgehead atoms. The van der Waals surface area contributed by atoms with Crippen molar-refractivity contribution in [3.05, 3.63) is 11.6 Å². The molecule has 0 radical (unpaired) electrons. The fraction of sp³-hybridized carbons (Fsp3) is 0.927. The van der Waals surface area contributed by atoms with E-state index < -0.39 is 135 Å². The van der Waals surface area contributed by atoms with Gasteiger partial charge >= 0.3 is 16.4 Å². The number of fused-ring (bicyclic) bond motifs is 4. The molecule has 0 aromatic heterocycles. The van der Waals surface area contributed by atoms with Crippen molar-refractivity contribution in [2.45, 2.75) is 197 Å². The van der Waals surface area contributed by atoms with E-state index in [9.17, 15) is 48.4 Å². The molecule has 0 aromatic rings. The van der Waals surface area contributed by atoms with Crippen molar-refractivity contribution in [2.75, 3.05) is 6.61 Å². The molecule has 7 fully saturated rings. The predicted molar refractivity (Wildman–Crippen MR) is 203 cm³/mol. The standard InChI is InChI=1S/C41H64O17S/c1-19-27(43)29(45)30(46)32(53-19)55-31-28(44)22(58-59(49,50)51)18-52-33(31)54-25-12-14-37(6)21-17-24(42)41-34(47)57-39(8,26-11-13-35(2,3)56-26)40(41,48)16-15-38(41,7)20(21)9-10-23(37)36(25,4)5/h17,19-20,22-33,42-46,48H,9-16,18H2,1-8H3,(H,49,50,51)/t19-,20-,22-,23+,24-,25+,26-,27-,28-,29+,30+,31-,32+,33+,37-,38-,39-,40+,41-/m1/s1. The van der Waals surface area contributed by atoms with E-state index in [1.807, 2.05) is 26.8 Å². The van der Waals surface area contributed by atoms with Gasteiger partial charge in [0.25, 0.3) is 0 Å². The highest BCUT2D eigenvalue weighted by molar-refractivity contribution is 7.80. The minimum Gasteiger partial charge on any atom is -0.453 e. The molecule has 8 aliphatic rings. The van der Waals surface area contributed by atoms with Crippen LogP contribution in [0.2, 0.25) is 0 Å². The zero-order chi connectivity index (χ0) is 43.3. The van der Waals surface area contributed by atoms with Crippen molar-refractivity contribution in [1.82, 2.24) is 0 Å². The topological polar surface area (TPSA) is 257 Å². The minimum atomic E-state index is -5.04. The van der Waals surface area contributed by atoms with Gasteiger partial charge in [-0.3, -0.25) is 9.35 Å². The second kappa shape index (κ2) is 14.1. The highest BCUT2D eigenvalue weighted by Crippen LogP contribution is 2.77. The predicted octanol–water partition coefficient (Wildman–Crippen LogP) is 1.43. The molecule has 4 aliphatic carbocycles. The first-order valence-electron chi connectivity index (χ1n) is 21.2. The molecule has 336 valence electrons. The Kier molecular flexibility index (Phi) is 10.6. The molecule has 59 heavy (non-hydrogen) atoms. The fourth-order valence-corrected chi connectivity index (χ4v) is 14.2. The van der Waals surface area contributed by atoms with Crippen LogP contribution < -0.4 is 0 Å². The number of ether oxygens (including phenoxy) is 6. The summed E-state index contributed by atoms with van der Waals surface area (Å²) in [4.78, 5) is 14.5. The van der Waals surface area contributed by atoms with Crippen LogP contribution in [0.4, 0.5) is 0 Å². The van der Waals surface area contributed by atoms with E-state index in [0.29, 0.717) is 32.1 Å². The SMILES string of the molecule is C[C@H]1O[C@@H](O[C@H]2[C@H](O[C@H]3CC[C@]4(C)C5=C[C@@H](O)[C@]67C(=O)O[C@](C)([C@H]8CCC(C)(C)O8)[C@@]6(O)CC[C@]7(C)[C@@H]5CC[C@H]4C3(C)C)OC[C@@H](OS(=O)(=O)O)[C@H]2O)[C@@H](O)[C@@H](O)[C@@H]1O. The van der Waals surface area contributed by atoms with Crippen molar-refractivity contribution in [3.63, 3.8) is 0 Å². The number of rotatable bonds is 7. The van der Waals surface area contributed by atoms with E-state index >= 15 is 0 Å². The average molecular weight is 861 g/mol. The Bertz CT molecular complexity index is 1820. The van der Waals surface area contributed by atoms with E-state index in [1.165, 1.54) is 6.92 Å². The molecule has 18 heteroatoms. The number of carbonyl (C=O) groups excluding carboxylic acids is 1. The number of aliphatic hydroxyl groups is 6. The second-order valence-electron chi connectivity index (χ2n) is 20.7. The van der Waals surface area contributed by atoms with Crippen molar-refractivity contribution >= 4 is 16.4 Å². The van der Waals surface area contributed by atoms with Crippen LogP contribution >= 0.6 is 0 Å². The zero-order valence-electron chi connectivity index (χ0n) is 35.1. The molecular weight excluding hydrogens is 797 g/mol. The van der Waals surface area contributed by atoms with Crippen LogP contribution in [0.25, 0.3) is 0 Å². The van der Waals surface area contributed by atoms with Crippen molar-refractivity contribution < 1.29 is 81.0 Å². The smallest absolute Gasteiger partial charge is 0.397 e. The number of hydrogen-bond acceptors (Lipinski definition) is 16. The number of carbonyl (C=O) groups is 1. The summed E-state index contributed by atoms with van der Waals surface area (Å²) in [6.07, 6.45) is -9.75. The third-order valence-electron chi connectivity index (χ3n) is 16.9. The van der Waals surface area contributed by atoms with Crippen molar-refractivity contribution in [3.8, 4) is 0 Å². The lowest BCUT2D eigenvalue weighted by Crippen LogP contribution is -2.69. The summed E-state index contributed by atoms with van der Waals surface area (Å²) in [7, 11) is -5.04. The number of cyclic esters (lactones) is 1.